The van der Waals surface area contributed by atoms with E-state index in [0.717, 1.165) is 5.56 Å². The number of benzene rings is 1. The highest BCUT2D eigenvalue weighted by Crippen LogP contribution is 2.17. The molecule has 2 rings (SSSR count). The van der Waals surface area contributed by atoms with Crippen LogP contribution in [0.2, 0.25) is 0 Å². The summed E-state index contributed by atoms with van der Waals surface area (Å²) >= 11 is 0. The molecule has 0 radical (unpaired) electrons. The summed E-state index contributed by atoms with van der Waals surface area (Å²) < 4.78 is 14.5. The number of hydrogen-bond donors (Lipinski definition) is 2. The van der Waals surface area contributed by atoms with Crippen molar-refractivity contribution in [1.29, 1.82) is 0 Å². The van der Waals surface area contributed by atoms with Gasteiger partial charge in [0.1, 0.15) is 11.6 Å². The maximum atomic E-state index is 13.0. The highest BCUT2D eigenvalue weighted by atomic mass is 19.1. The highest BCUT2D eigenvalue weighted by Gasteiger charge is 2.08. The predicted molar refractivity (Wildman–Crippen MR) is 58.7 cm³/mol. The van der Waals surface area contributed by atoms with Gasteiger partial charge in [0.2, 0.25) is 0 Å². The SMILES string of the molecule is Nc1c(CCO)cnn1-c1cccc(F)c1. The lowest BCUT2D eigenvalue weighted by atomic mass is 10.2. The molecule has 84 valence electrons. The van der Waals surface area contributed by atoms with Crippen molar-refractivity contribution >= 4 is 5.82 Å². The lowest BCUT2D eigenvalue weighted by Gasteiger charge is -2.04. The van der Waals surface area contributed by atoms with Gasteiger partial charge in [0.15, 0.2) is 0 Å². The molecule has 5 heteroatoms. The summed E-state index contributed by atoms with van der Waals surface area (Å²) in [6.07, 6.45) is 2.03. The Morgan fingerprint density at radius 2 is 2.25 bits per heavy atom. The molecule has 3 N–H and O–H groups in total. The number of rotatable bonds is 3. The average molecular weight is 221 g/mol. The molecular formula is C11H12FN3O. The van der Waals surface area contributed by atoms with Gasteiger partial charge >= 0.3 is 0 Å². The van der Waals surface area contributed by atoms with Crippen molar-refractivity contribution in [3.63, 3.8) is 0 Å². The first kappa shape index (κ1) is 10.6. The molecule has 0 saturated heterocycles. The molecule has 1 aromatic heterocycles. The molecular weight excluding hydrogens is 209 g/mol. The van der Waals surface area contributed by atoms with E-state index in [9.17, 15) is 4.39 Å². The molecule has 0 fully saturated rings. The first-order valence-corrected chi connectivity index (χ1v) is 4.91. The van der Waals surface area contributed by atoms with Gasteiger partial charge in [-0.3, -0.25) is 0 Å². The maximum Gasteiger partial charge on any atom is 0.130 e. The highest BCUT2D eigenvalue weighted by molar-refractivity contribution is 5.47. The van der Waals surface area contributed by atoms with Crippen molar-refractivity contribution in [3.05, 3.63) is 41.8 Å². The Hall–Kier alpha value is -1.88. The second-order valence-electron chi connectivity index (χ2n) is 3.42. The third-order valence-electron chi connectivity index (χ3n) is 2.32. The zero-order valence-corrected chi connectivity index (χ0v) is 8.60. The molecule has 16 heavy (non-hydrogen) atoms. The number of nitrogen functional groups attached to an aromatic ring is 1. The fourth-order valence-electron chi connectivity index (χ4n) is 1.52. The quantitative estimate of drug-likeness (QED) is 0.816. The summed E-state index contributed by atoms with van der Waals surface area (Å²) in [7, 11) is 0. The van der Waals surface area contributed by atoms with Crippen LogP contribution in [0.1, 0.15) is 5.56 Å². The number of nitrogens with zero attached hydrogens (tertiary/aromatic N) is 2. The minimum absolute atomic E-state index is 0.0129. The van der Waals surface area contributed by atoms with Crippen molar-refractivity contribution in [2.45, 2.75) is 6.42 Å². The molecule has 0 aliphatic rings. The van der Waals surface area contributed by atoms with Crippen LogP contribution in [0.4, 0.5) is 10.2 Å². The molecule has 0 saturated carbocycles. The molecule has 0 spiro atoms. The fourth-order valence-corrected chi connectivity index (χ4v) is 1.52. The number of nitrogens with two attached hydrogens (primary N) is 1. The van der Waals surface area contributed by atoms with Gasteiger partial charge in [-0.15, -0.1) is 0 Å². The average Bonchev–Trinajstić information content (AvgIpc) is 2.61. The maximum absolute atomic E-state index is 13.0. The second kappa shape index (κ2) is 4.32. The zero-order valence-electron chi connectivity index (χ0n) is 8.60. The summed E-state index contributed by atoms with van der Waals surface area (Å²) in [5, 5.41) is 12.9. The first-order valence-electron chi connectivity index (χ1n) is 4.91. The number of anilines is 1. The van der Waals surface area contributed by atoms with Crippen LogP contribution in [0.25, 0.3) is 5.69 Å². The summed E-state index contributed by atoms with van der Waals surface area (Å²) in [4.78, 5) is 0. The van der Waals surface area contributed by atoms with Crippen molar-refractivity contribution < 1.29 is 9.50 Å². The summed E-state index contributed by atoms with van der Waals surface area (Å²) in [6, 6.07) is 6.02. The number of hydrogen-bond acceptors (Lipinski definition) is 3. The number of halogens is 1. The van der Waals surface area contributed by atoms with Gasteiger partial charge in [0, 0.05) is 18.6 Å². The van der Waals surface area contributed by atoms with Gasteiger partial charge in [0.05, 0.1) is 11.9 Å². The van der Waals surface area contributed by atoms with E-state index >= 15 is 0 Å². The Labute approximate surface area is 92.1 Å². The van der Waals surface area contributed by atoms with Crippen molar-refractivity contribution in [3.8, 4) is 5.69 Å². The monoisotopic (exact) mass is 221 g/mol. The van der Waals surface area contributed by atoms with Crippen molar-refractivity contribution in [2.24, 2.45) is 0 Å². The Morgan fingerprint density at radius 1 is 1.44 bits per heavy atom. The van der Waals surface area contributed by atoms with E-state index in [-0.39, 0.29) is 12.4 Å². The molecule has 1 heterocycles. The molecule has 0 amide bonds. The minimum atomic E-state index is -0.337. The third-order valence-corrected chi connectivity index (χ3v) is 2.32. The Balaban J connectivity index is 2.41. The summed E-state index contributed by atoms with van der Waals surface area (Å²) in [5.74, 6) is 0.0933. The summed E-state index contributed by atoms with van der Waals surface area (Å²) in [5.41, 5.74) is 7.17. The number of aromatic nitrogens is 2. The van der Waals surface area contributed by atoms with E-state index in [1.165, 1.54) is 16.8 Å². The molecule has 1 aromatic carbocycles. The third kappa shape index (κ3) is 1.90. The van der Waals surface area contributed by atoms with Crippen molar-refractivity contribution in [2.75, 3.05) is 12.3 Å². The normalized spacial score (nSPS) is 10.6. The van der Waals surface area contributed by atoms with Crippen LogP contribution in [0.3, 0.4) is 0 Å². The molecule has 0 atom stereocenters. The zero-order chi connectivity index (χ0) is 11.5. The van der Waals surface area contributed by atoms with Crippen LogP contribution in [-0.2, 0) is 6.42 Å². The van der Waals surface area contributed by atoms with E-state index in [0.29, 0.717) is 17.9 Å². The van der Waals surface area contributed by atoms with Crippen LogP contribution < -0.4 is 5.73 Å². The number of aliphatic hydroxyl groups excluding tert-OH is 1. The van der Waals surface area contributed by atoms with Crippen molar-refractivity contribution in [1.82, 2.24) is 9.78 Å². The molecule has 0 unspecified atom stereocenters. The lowest BCUT2D eigenvalue weighted by Crippen LogP contribution is -2.04. The Kier molecular flexibility index (Phi) is 2.87. The molecule has 0 bridgehead atoms. The predicted octanol–water partition coefficient (Wildman–Crippen LogP) is 1.13. The van der Waals surface area contributed by atoms with E-state index in [2.05, 4.69) is 5.10 Å². The fraction of sp³-hybridized carbons (Fsp3) is 0.182. The Morgan fingerprint density at radius 3 is 2.94 bits per heavy atom. The van der Waals surface area contributed by atoms with E-state index < -0.39 is 0 Å². The van der Waals surface area contributed by atoms with E-state index in [1.54, 1.807) is 18.3 Å². The molecule has 0 aliphatic carbocycles. The van der Waals surface area contributed by atoms with Crippen LogP contribution in [0.5, 0.6) is 0 Å². The van der Waals surface area contributed by atoms with Crippen LogP contribution in [0, 0.1) is 5.82 Å². The lowest BCUT2D eigenvalue weighted by molar-refractivity contribution is 0.300. The summed E-state index contributed by atoms with van der Waals surface area (Å²) in [6.45, 7) is 0.0129. The smallest absolute Gasteiger partial charge is 0.130 e. The van der Waals surface area contributed by atoms with Gasteiger partial charge in [-0.25, -0.2) is 9.07 Å². The van der Waals surface area contributed by atoms with E-state index in [4.69, 9.17) is 10.8 Å². The van der Waals surface area contributed by atoms with Crippen LogP contribution >= 0.6 is 0 Å². The van der Waals surface area contributed by atoms with E-state index in [1.807, 2.05) is 0 Å². The molecule has 2 aromatic rings. The minimum Gasteiger partial charge on any atom is -0.396 e. The van der Waals surface area contributed by atoms with Gasteiger partial charge in [-0.2, -0.15) is 5.10 Å². The van der Waals surface area contributed by atoms with Gasteiger partial charge in [0.25, 0.3) is 0 Å². The molecule has 0 aliphatic heterocycles. The number of aliphatic hydroxyl groups is 1. The molecule has 4 nitrogen and oxygen atoms in total. The largest absolute Gasteiger partial charge is 0.396 e. The van der Waals surface area contributed by atoms with Gasteiger partial charge < -0.3 is 10.8 Å². The van der Waals surface area contributed by atoms with Crippen LogP contribution in [-0.4, -0.2) is 21.5 Å². The topological polar surface area (TPSA) is 64.1 Å². The van der Waals surface area contributed by atoms with Crippen LogP contribution in [0.15, 0.2) is 30.5 Å². The standard InChI is InChI=1S/C11H12FN3O/c12-9-2-1-3-10(6-9)15-11(13)8(4-5-16)7-14-15/h1-3,6-7,16H,4-5,13H2. The second-order valence-corrected chi connectivity index (χ2v) is 3.42. The van der Waals surface area contributed by atoms with Gasteiger partial charge in [-0.05, 0) is 18.2 Å². The Bertz CT molecular complexity index is 496. The first-order chi connectivity index (χ1) is 7.72. The van der Waals surface area contributed by atoms with Gasteiger partial charge in [-0.1, -0.05) is 6.07 Å².